The first-order valence-electron chi connectivity index (χ1n) is 6.22. The van der Waals surface area contributed by atoms with Crippen LogP contribution in [0.2, 0.25) is 0 Å². The summed E-state index contributed by atoms with van der Waals surface area (Å²) in [5, 5.41) is 16.8. The van der Waals surface area contributed by atoms with E-state index in [4.69, 9.17) is 33.1 Å². The quantitative estimate of drug-likeness (QED) is 0.185. The highest BCUT2D eigenvalue weighted by atomic mass is 33.1. The molecule has 0 spiro atoms. The van der Waals surface area contributed by atoms with Gasteiger partial charge in [-0.1, -0.05) is 43.2 Å². The smallest absolute Gasteiger partial charge is 0.321 e. The summed E-state index contributed by atoms with van der Waals surface area (Å²) in [5.41, 5.74) is 20.9. The van der Waals surface area contributed by atoms with Gasteiger partial charge in [0.2, 0.25) is 0 Å². The molecule has 0 fully saturated rings. The molecule has 0 aromatic heterocycles. The number of hydrogen-bond donors (Lipinski definition) is 6. The van der Waals surface area contributed by atoms with E-state index >= 15 is 0 Å². The average Bonchev–Trinajstić information content (AvgIpc) is 2.48. The molecule has 132 valence electrons. The third-order valence-corrected chi connectivity index (χ3v) is 6.64. The molecule has 12 heteroatoms. The summed E-state index contributed by atoms with van der Waals surface area (Å²) in [4.78, 5) is 20.5. The van der Waals surface area contributed by atoms with Gasteiger partial charge in [0, 0.05) is 36.1 Å². The van der Waals surface area contributed by atoms with Crippen molar-refractivity contribution in [2.45, 2.75) is 12.1 Å². The summed E-state index contributed by atoms with van der Waals surface area (Å²) in [5.74, 6) is 0.384. The van der Waals surface area contributed by atoms with Gasteiger partial charge in [-0.3, -0.25) is 9.59 Å². The van der Waals surface area contributed by atoms with E-state index in [1.54, 1.807) is 21.6 Å². The number of carboxylic acid groups (broad SMARTS) is 2. The van der Waals surface area contributed by atoms with Crippen LogP contribution < -0.4 is 22.9 Å². The Kier molecular flexibility index (Phi) is 19.5. The van der Waals surface area contributed by atoms with Crippen molar-refractivity contribution in [3.63, 3.8) is 0 Å². The molecule has 2 atom stereocenters. The molecular weight excluding hydrogens is 368 g/mol. The largest absolute Gasteiger partial charge is 0.480 e. The predicted molar refractivity (Wildman–Crippen MR) is 99.2 cm³/mol. The van der Waals surface area contributed by atoms with Crippen LogP contribution in [0.5, 0.6) is 0 Å². The molecule has 10 N–H and O–H groups in total. The van der Waals surface area contributed by atoms with Crippen molar-refractivity contribution in [3.05, 3.63) is 0 Å². The van der Waals surface area contributed by atoms with Crippen LogP contribution in [0.25, 0.3) is 0 Å². The van der Waals surface area contributed by atoms with E-state index in [1.165, 1.54) is 21.6 Å². The first-order chi connectivity index (χ1) is 10.4. The third-order valence-electron chi connectivity index (χ3n) is 1.70. The van der Waals surface area contributed by atoms with Crippen LogP contribution in [0.4, 0.5) is 0 Å². The molecule has 0 saturated carbocycles. The van der Waals surface area contributed by atoms with Crippen molar-refractivity contribution in [3.8, 4) is 0 Å². The molecule has 0 aliphatic rings. The van der Waals surface area contributed by atoms with Gasteiger partial charge < -0.3 is 33.1 Å². The van der Waals surface area contributed by atoms with Crippen LogP contribution >= 0.6 is 43.2 Å². The fourth-order valence-corrected chi connectivity index (χ4v) is 4.54. The molecule has 0 aromatic carbocycles. The van der Waals surface area contributed by atoms with Gasteiger partial charge in [-0.05, 0) is 0 Å². The summed E-state index contributed by atoms with van der Waals surface area (Å²) < 4.78 is 0. The molecule has 22 heavy (non-hydrogen) atoms. The number of rotatable bonds is 12. The van der Waals surface area contributed by atoms with Gasteiger partial charge in [-0.2, -0.15) is 0 Å². The van der Waals surface area contributed by atoms with Gasteiger partial charge >= 0.3 is 11.9 Å². The van der Waals surface area contributed by atoms with Crippen molar-refractivity contribution < 1.29 is 19.8 Å². The first-order valence-corrected chi connectivity index (χ1v) is 11.2. The van der Waals surface area contributed by atoms with Crippen LogP contribution in [0.3, 0.4) is 0 Å². The van der Waals surface area contributed by atoms with Crippen molar-refractivity contribution in [2.24, 2.45) is 22.9 Å². The average molecular weight is 393 g/mol. The number of hydrogen-bond acceptors (Lipinski definition) is 10. The van der Waals surface area contributed by atoms with Crippen LogP contribution in [0.1, 0.15) is 0 Å². The van der Waals surface area contributed by atoms with E-state index < -0.39 is 24.0 Å². The zero-order chi connectivity index (χ0) is 17.4. The number of carbonyl (C=O) groups is 2. The van der Waals surface area contributed by atoms with Gasteiger partial charge in [0.05, 0.1) is 0 Å². The molecular formula is C10H24N4O4S4. The number of carboxylic acids is 2. The van der Waals surface area contributed by atoms with Crippen molar-refractivity contribution in [1.82, 2.24) is 0 Å². The van der Waals surface area contributed by atoms with E-state index in [9.17, 15) is 9.59 Å². The fraction of sp³-hybridized carbons (Fsp3) is 0.800. The standard InChI is InChI=1S/C6H12N2O4S2.C4H12N2S2/c7-3(5(9)10)1-13-14-2-4(8)6(11)12;5-1-3-7-8-4-2-6/h3-4H,1-2,7-8H2,(H,9,10)(H,11,12);1-6H2. The Bertz CT molecular complexity index is 274. The maximum atomic E-state index is 10.3. The molecule has 0 aliphatic carbocycles. The first kappa shape index (κ1) is 24.4. The molecule has 0 aliphatic heterocycles. The minimum atomic E-state index is -1.07. The van der Waals surface area contributed by atoms with Crippen LogP contribution in [0, 0.1) is 0 Å². The van der Waals surface area contributed by atoms with Gasteiger partial charge in [-0.15, -0.1) is 0 Å². The van der Waals surface area contributed by atoms with E-state index in [2.05, 4.69) is 0 Å². The lowest BCUT2D eigenvalue weighted by molar-refractivity contribution is -0.138. The maximum Gasteiger partial charge on any atom is 0.321 e. The Morgan fingerprint density at radius 3 is 1.32 bits per heavy atom. The normalized spacial score (nSPS) is 12.9. The molecule has 0 radical (unpaired) electrons. The Hall–Kier alpha value is 0.180. The predicted octanol–water partition coefficient (Wildman–Crippen LogP) is -0.523. The van der Waals surface area contributed by atoms with E-state index in [0.717, 1.165) is 24.6 Å². The molecule has 8 nitrogen and oxygen atoms in total. The second-order valence-corrected chi connectivity index (χ2v) is 8.93. The Morgan fingerprint density at radius 1 is 0.773 bits per heavy atom. The van der Waals surface area contributed by atoms with Crippen LogP contribution in [0.15, 0.2) is 0 Å². The van der Waals surface area contributed by atoms with Gasteiger partial charge in [-0.25, -0.2) is 0 Å². The molecule has 0 bridgehead atoms. The maximum absolute atomic E-state index is 10.3. The van der Waals surface area contributed by atoms with Crippen LogP contribution in [-0.2, 0) is 9.59 Å². The second-order valence-electron chi connectivity index (χ2n) is 3.68. The summed E-state index contributed by atoms with van der Waals surface area (Å²) >= 11 is 0. The van der Waals surface area contributed by atoms with E-state index in [0.29, 0.717) is 0 Å². The summed E-state index contributed by atoms with van der Waals surface area (Å²) in [6.45, 7) is 1.53. The minimum Gasteiger partial charge on any atom is -0.480 e. The second kappa shape index (κ2) is 17.5. The number of nitrogens with two attached hydrogens (primary N) is 4. The number of aliphatic carboxylic acids is 2. The highest BCUT2D eigenvalue weighted by molar-refractivity contribution is 8.77. The van der Waals surface area contributed by atoms with Crippen molar-refractivity contribution in [1.29, 1.82) is 0 Å². The Labute approximate surface area is 146 Å². The highest BCUT2D eigenvalue weighted by Crippen LogP contribution is 2.22. The fourth-order valence-electron chi connectivity index (χ4n) is 0.599. The molecule has 0 aromatic rings. The van der Waals surface area contributed by atoms with Gasteiger partial charge in [0.25, 0.3) is 0 Å². The Balaban J connectivity index is 0. The lowest BCUT2D eigenvalue weighted by atomic mass is 10.4. The van der Waals surface area contributed by atoms with E-state index in [-0.39, 0.29) is 11.5 Å². The van der Waals surface area contributed by atoms with Gasteiger partial charge in [0.15, 0.2) is 0 Å². The van der Waals surface area contributed by atoms with Crippen molar-refractivity contribution in [2.75, 3.05) is 36.1 Å². The van der Waals surface area contributed by atoms with Gasteiger partial charge in [0.1, 0.15) is 12.1 Å². The third kappa shape index (κ3) is 18.2. The molecule has 0 amide bonds. The monoisotopic (exact) mass is 392 g/mol. The topological polar surface area (TPSA) is 179 Å². The van der Waals surface area contributed by atoms with Crippen molar-refractivity contribution >= 4 is 55.1 Å². The molecule has 0 rings (SSSR count). The molecule has 0 saturated heterocycles. The van der Waals surface area contributed by atoms with E-state index in [1.807, 2.05) is 0 Å². The SMILES string of the molecule is NC(CSSCC(N)C(=O)O)C(=O)O.NCCSSCCN. The summed E-state index contributed by atoms with van der Waals surface area (Å²) in [6.07, 6.45) is 0. The molecule has 2 unspecified atom stereocenters. The molecule has 0 heterocycles. The zero-order valence-corrected chi connectivity index (χ0v) is 15.3. The Morgan fingerprint density at radius 2 is 1.09 bits per heavy atom. The summed E-state index contributed by atoms with van der Waals surface area (Å²) in [6, 6.07) is -1.85. The lowest BCUT2D eigenvalue weighted by Crippen LogP contribution is -2.33. The van der Waals surface area contributed by atoms with Crippen LogP contribution in [-0.4, -0.2) is 70.3 Å². The summed E-state index contributed by atoms with van der Waals surface area (Å²) in [7, 11) is 5.98. The lowest BCUT2D eigenvalue weighted by Gasteiger charge is -2.07. The minimum absolute atomic E-state index is 0.229. The zero-order valence-electron chi connectivity index (χ0n) is 12.1. The highest BCUT2D eigenvalue weighted by Gasteiger charge is 2.14.